The van der Waals surface area contributed by atoms with Crippen molar-refractivity contribution >= 4 is 28.2 Å². The summed E-state index contributed by atoms with van der Waals surface area (Å²) in [6.45, 7) is 9.61. The second-order valence-corrected chi connectivity index (χ2v) is 16.5. The van der Waals surface area contributed by atoms with E-state index in [4.69, 9.17) is 21.1 Å². The second kappa shape index (κ2) is 40.0. The number of nitrogens with one attached hydrogen (secondary N) is 2. The van der Waals surface area contributed by atoms with Crippen molar-refractivity contribution in [3.05, 3.63) is 84.1 Å². The first-order valence-electron chi connectivity index (χ1n) is 24.0. The number of hydrogen-bond acceptors (Lipinski definition) is 5. The van der Waals surface area contributed by atoms with Gasteiger partial charge in [-0.1, -0.05) is 151 Å². The molecule has 6 heteroatoms. The Morgan fingerprint density at radius 3 is 1.72 bits per heavy atom. The molecule has 0 aliphatic carbocycles. The normalized spacial score (nSPS) is 12.7. The predicted octanol–water partition coefficient (Wildman–Crippen LogP) is 15.7. The largest absolute Gasteiger partial charge is 0.384 e. The summed E-state index contributed by atoms with van der Waals surface area (Å²) in [6, 6.07) is 7.94. The number of rotatable bonds is 41. The van der Waals surface area contributed by atoms with Gasteiger partial charge in [0.15, 0.2) is 0 Å². The molecule has 0 radical (unpaired) electrons. The van der Waals surface area contributed by atoms with Gasteiger partial charge in [0.1, 0.15) is 0 Å². The van der Waals surface area contributed by atoms with Crippen LogP contribution in [0.4, 0.5) is 5.69 Å². The first-order valence-corrected chi connectivity index (χ1v) is 24.4. The summed E-state index contributed by atoms with van der Waals surface area (Å²) in [7, 11) is 0. The van der Waals surface area contributed by atoms with Gasteiger partial charge in [-0.2, -0.15) is 0 Å². The number of pyridine rings is 1. The van der Waals surface area contributed by atoms with Crippen LogP contribution < -0.4 is 10.6 Å². The zero-order valence-electron chi connectivity index (χ0n) is 37.4. The zero-order chi connectivity index (χ0) is 41.2. The quantitative estimate of drug-likeness (QED) is 0.0517. The van der Waals surface area contributed by atoms with Crippen LogP contribution in [0, 0.1) is 0 Å². The minimum absolute atomic E-state index is 0.107. The van der Waals surface area contributed by atoms with Crippen LogP contribution in [-0.2, 0) is 9.47 Å². The van der Waals surface area contributed by atoms with Gasteiger partial charge < -0.3 is 20.1 Å². The van der Waals surface area contributed by atoms with Crippen molar-refractivity contribution in [2.45, 2.75) is 187 Å². The molecule has 0 amide bonds. The third-order valence-corrected chi connectivity index (χ3v) is 10.9. The Kier molecular flexibility index (Phi) is 35.6. The van der Waals surface area contributed by atoms with Crippen molar-refractivity contribution in [1.82, 2.24) is 10.3 Å². The third kappa shape index (κ3) is 30.6. The lowest BCUT2D eigenvalue weighted by atomic mass is 10.1. The molecule has 5 nitrogen and oxygen atoms in total. The highest BCUT2D eigenvalue weighted by molar-refractivity contribution is 6.31. The van der Waals surface area contributed by atoms with E-state index in [-0.39, 0.29) is 6.10 Å². The molecule has 2 N–H and O–H groups in total. The number of hydrogen-bond donors (Lipinski definition) is 2. The van der Waals surface area contributed by atoms with Gasteiger partial charge >= 0.3 is 0 Å². The molecule has 328 valence electrons. The smallest absolute Gasteiger partial charge is 0.0932 e. The van der Waals surface area contributed by atoms with Crippen molar-refractivity contribution in [3.8, 4) is 0 Å². The molecule has 1 aromatic heterocycles. The number of unbranched alkanes of at least 4 members (excludes halogenated alkanes) is 19. The molecule has 0 spiro atoms. The van der Waals surface area contributed by atoms with Gasteiger partial charge in [-0.15, -0.1) is 0 Å². The van der Waals surface area contributed by atoms with Gasteiger partial charge in [0, 0.05) is 48.6 Å². The van der Waals surface area contributed by atoms with E-state index in [2.05, 4.69) is 78.1 Å². The molecule has 58 heavy (non-hydrogen) atoms. The van der Waals surface area contributed by atoms with Crippen LogP contribution in [0.5, 0.6) is 0 Å². The molecule has 2 rings (SSSR count). The Morgan fingerprint density at radius 2 is 1.12 bits per heavy atom. The number of anilines is 1. The fraction of sp³-hybridized carbons (Fsp3) is 0.673. The average Bonchev–Trinajstić information content (AvgIpc) is 3.23. The summed E-state index contributed by atoms with van der Waals surface area (Å²) < 4.78 is 12.6. The van der Waals surface area contributed by atoms with Crippen molar-refractivity contribution in [3.63, 3.8) is 0 Å². The maximum Gasteiger partial charge on any atom is 0.0932 e. The Bertz CT molecular complexity index is 1320. The first-order chi connectivity index (χ1) is 28.7. The summed E-state index contributed by atoms with van der Waals surface area (Å²) in [6.07, 6.45) is 53.3. The number of aromatic nitrogens is 1. The average molecular weight is 821 g/mol. The maximum absolute atomic E-state index is 6.39. The molecule has 0 saturated heterocycles. The summed E-state index contributed by atoms with van der Waals surface area (Å²) in [5.74, 6) is 0. The van der Waals surface area contributed by atoms with E-state index in [0.29, 0.717) is 6.61 Å². The Hall–Kier alpha value is -2.44. The summed E-state index contributed by atoms with van der Waals surface area (Å²) in [5.41, 5.74) is 2.04. The van der Waals surface area contributed by atoms with Gasteiger partial charge in [0.05, 0.1) is 18.2 Å². The van der Waals surface area contributed by atoms with Gasteiger partial charge in [-0.05, 0) is 121 Å². The Morgan fingerprint density at radius 1 is 0.586 bits per heavy atom. The standard InChI is InChI=1S/C52H86ClN3O2/c1-3-5-7-9-11-13-15-17-19-21-23-25-27-29-31-35-43-57-47-49(58-44-36-32-30-28-26-24-22-20-18-16-14-12-10-8-6-4-2)46-54-40-33-34-41-55-51-39-42-56-52-45-48(53)37-38-50(51)52/h11-14,17-20,37-39,42,45,49,54H,3-10,15-16,21-36,40-41,43-44,46-47H2,1-2H3,(H,55,56). The summed E-state index contributed by atoms with van der Waals surface area (Å²) in [4.78, 5) is 4.46. The number of halogens is 1. The zero-order valence-corrected chi connectivity index (χ0v) is 38.1. The van der Waals surface area contributed by atoms with E-state index in [9.17, 15) is 0 Å². The first kappa shape index (κ1) is 51.7. The van der Waals surface area contributed by atoms with Gasteiger partial charge in [-0.25, -0.2) is 0 Å². The van der Waals surface area contributed by atoms with E-state index in [1.807, 2.05) is 30.5 Å². The molecule has 1 atom stereocenters. The highest BCUT2D eigenvalue weighted by Gasteiger charge is 2.10. The molecule has 0 fully saturated rings. The molecule has 0 bridgehead atoms. The van der Waals surface area contributed by atoms with Crippen molar-refractivity contribution < 1.29 is 9.47 Å². The number of fused-ring (bicyclic) bond motifs is 1. The van der Waals surface area contributed by atoms with E-state index < -0.39 is 0 Å². The van der Waals surface area contributed by atoms with Crippen LogP contribution in [0.15, 0.2) is 79.1 Å². The summed E-state index contributed by atoms with van der Waals surface area (Å²) in [5, 5.41) is 9.08. The highest BCUT2D eigenvalue weighted by atomic mass is 35.5. The molecule has 1 unspecified atom stereocenters. The van der Waals surface area contributed by atoms with E-state index in [0.717, 1.165) is 93.0 Å². The van der Waals surface area contributed by atoms with Gasteiger partial charge in [-0.3, -0.25) is 4.98 Å². The van der Waals surface area contributed by atoms with Gasteiger partial charge in [0.25, 0.3) is 0 Å². The number of nitrogens with zero attached hydrogens (tertiary/aromatic N) is 1. The fourth-order valence-electron chi connectivity index (χ4n) is 7.05. The summed E-state index contributed by atoms with van der Waals surface area (Å²) >= 11 is 6.17. The molecule has 1 aromatic carbocycles. The molecule has 0 aliphatic heterocycles. The number of benzene rings is 1. The maximum atomic E-state index is 6.39. The molecule has 0 aliphatic rings. The van der Waals surface area contributed by atoms with Crippen LogP contribution in [0.2, 0.25) is 5.02 Å². The van der Waals surface area contributed by atoms with Gasteiger partial charge in [0.2, 0.25) is 0 Å². The predicted molar refractivity (Wildman–Crippen MR) is 257 cm³/mol. The van der Waals surface area contributed by atoms with E-state index >= 15 is 0 Å². The lowest BCUT2D eigenvalue weighted by Gasteiger charge is -2.19. The fourth-order valence-corrected chi connectivity index (χ4v) is 7.22. The van der Waals surface area contributed by atoms with Crippen LogP contribution in [0.3, 0.4) is 0 Å². The van der Waals surface area contributed by atoms with E-state index in [1.54, 1.807) is 0 Å². The molecule has 2 aromatic rings. The highest BCUT2D eigenvalue weighted by Crippen LogP contribution is 2.24. The van der Waals surface area contributed by atoms with Crippen molar-refractivity contribution in [2.24, 2.45) is 0 Å². The number of ether oxygens (including phenoxy) is 2. The van der Waals surface area contributed by atoms with Crippen LogP contribution in [-0.4, -0.2) is 50.5 Å². The third-order valence-electron chi connectivity index (χ3n) is 10.7. The minimum Gasteiger partial charge on any atom is -0.384 e. The lowest BCUT2D eigenvalue weighted by molar-refractivity contribution is -0.0175. The Labute approximate surface area is 362 Å². The molecular weight excluding hydrogens is 734 g/mol. The van der Waals surface area contributed by atoms with Crippen molar-refractivity contribution in [2.75, 3.05) is 44.8 Å². The minimum atomic E-state index is 0.107. The SMILES string of the molecule is CCCCCC=CCC=CCCCCCCCCOCC(CNCCCCNc1ccnc2cc(Cl)ccc12)OCCCCCCCCC=CCC=CCCCCC. The topological polar surface area (TPSA) is 55.4 Å². The van der Waals surface area contributed by atoms with Crippen LogP contribution in [0.25, 0.3) is 10.9 Å². The lowest BCUT2D eigenvalue weighted by Crippen LogP contribution is -2.34. The monoisotopic (exact) mass is 820 g/mol. The second-order valence-electron chi connectivity index (χ2n) is 16.1. The van der Waals surface area contributed by atoms with Crippen molar-refractivity contribution in [1.29, 1.82) is 0 Å². The Balaban J connectivity index is 1.55. The molecular formula is C52H86ClN3O2. The van der Waals surface area contributed by atoms with Crippen LogP contribution in [0.1, 0.15) is 181 Å². The van der Waals surface area contributed by atoms with E-state index in [1.165, 1.54) is 128 Å². The molecule has 1 heterocycles. The van der Waals surface area contributed by atoms with Crippen LogP contribution >= 0.6 is 11.6 Å². The molecule has 0 saturated carbocycles. The number of allylic oxidation sites excluding steroid dienone is 8.